The molecule has 5 rings (SSSR count). The molecule has 7 nitrogen and oxygen atoms in total. The van der Waals surface area contributed by atoms with Gasteiger partial charge in [-0.05, 0) is 55.6 Å². The van der Waals surface area contributed by atoms with Crippen LogP contribution in [0.15, 0.2) is 63.2 Å². The molecule has 1 fully saturated rings. The summed E-state index contributed by atoms with van der Waals surface area (Å²) in [5.41, 5.74) is 0.0212. The van der Waals surface area contributed by atoms with E-state index in [1.54, 1.807) is 25.2 Å². The van der Waals surface area contributed by atoms with E-state index in [9.17, 15) is 14.7 Å². The molecule has 35 heavy (non-hydrogen) atoms. The lowest BCUT2D eigenvalue weighted by atomic mass is 9.63. The second-order valence-corrected chi connectivity index (χ2v) is 10.9. The topological polar surface area (TPSA) is 96.2 Å². The molecular weight excluding hydrogens is 507 g/mol. The van der Waals surface area contributed by atoms with E-state index in [0.29, 0.717) is 32.1 Å². The maximum atomic E-state index is 13.6. The zero-order valence-corrected chi connectivity index (χ0v) is 21.3. The van der Waals surface area contributed by atoms with Crippen molar-refractivity contribution in [2.24, 2.45) is 12.5 Å². The van der Waals surface area contributed by atoms with Gasteiger partial charge in [0.1, 0.15) is 11.4 Å². The Bertz CT molecular complexity index is 1370. The average Bonchev–Trinajstić information content (AvgIpc) is 3.09. The Morgan fingerprint density at radius 1 is 1.14 bits per heavy atom. The molecule has 1 spiro atoms. The summed E-state index contributed by atoms with van der Waals surface area (Å²) in [6.07, 6.45) is 2.55. The molecule has 0 bridgehead atoms. The number of nitrogens with zero attached hydrogens (tertiary/aromatic N) is 2. The summed E-state index contributed by atoms with van der Waals surface area (Å²) in [7, 11) is 1.65. The second-order valence-electron chi connectivity index (χ2n) is 9.01. The number of amides is 1. The van der Waals surface area contributed by atoms with Crippen LogP contribution in [-0.2, 0) is 19.0 Å². The highest BCUT2D eigenvalue weighted by Crippen LogP contribution is 2.57. The van der Waals surface area contributed by atoms with Crippen LogP contribution in [0.5, 0.6) is 0 Å². The molecule has 2 aromatic carbocycles. The van der Waals surface area contributed by atoms with Gasteiger partial charge in [-0.3, -0.25) is 9.36 Å². The summed E-state index contributed by atoms with van der Waals surface area (Å²) < 4.78 is 1.47. The summed E-state index contributed by atoms with van der Waals surface area (Å²) in [6, 6.07) is 13.1. The average molecular weight is 531 g/mol. The van der Waals surface area contributed by atoms with Crippen molar-refractivity contribution in [3.63, 3.8) is 0 Å². The molecule has 0 saturated carbocycles. The lowest BCUT2D eigenvalue weighted by Gasteiger charge is -2.48. The van der Waals surface area contributed by atoms with Gasteiger partial charge in [-0.15, -0.1) is 0 Å². The number of benzene rings is 2. The van der Waals surface area contributed by atoms with Crippen LogP contribution in [0.4, 0.5) is 4.79 Å². The van der Waals surface area contributed by atoms with Gasteiger partial charge in [0.25, 0.3) is 5.56 Å². The molecule has 1 aliphatic carbocycles. The van der Waals surface area contributed by atoms with Gasteiger partial charge in [0.15, 0.2) is 0 Å². The van der Waals surface area contributed by atoms with Gasteiger partial charge in [-0.2, -0.15) is 0 Å². The van der Waals surface area contributed by atoms with Crippen LogP contribution in [0.2, 0.25) is 10.0 Å². The SMILES string of the molecule is Cn1c(C2(NC(=O)O)c3ccccc3CC23CCNCC3)ncc(Sc2cccc(Cl)c2Cl)c1=O. The van der Waals surface area contributed by atoms with Gasteiger partial charge in [-0.1, -0.05) is 65.3 Å². The number of nitrogens with one attached hydrogen (secondary N) is 2. The molecule has 1 aromatic heterocycles. The third kappa shape index (κ3) is 3.83. The molecule has 3 N–H and O–H groups in total. The van der Waals surface area contributed by atoms with Crippen molar-refractivity contribution in [2.75, 3.05) is 13.1 Å². The highest BCUT2D eigenvalue weighted by Gasteiger charge is 2.61. The van der Waals surface area contributed by atoms with E-state index in [0.717, 1.165) is 37.1 Å². The molecule has 2 heterocycles. The minimum Gasteiger partial charge on any atom is -0.465 e. The largest absolute Gasteiger partial charge is 0.465 e. The molecule has 10 heteroatoms. The van der Waals surface area contributed by atoms with Gasteiger partial charge in [0.05, 0.1) is 14.9 Å². The van der Waals surface area contributed by atoms with Gasteiger partial charge < -0.3 is 15.7 Å². The molecule has 1 aliphatic heterocycles. The summed E-state index contributed by atoms with van der Waals surface area (Å²) in [5, 5.41) is 17.1. The molecule has 1 saturated heterocycles. The fourth-order valence-electron chi connectivity index (χ4n) is 5.68. The van der Waals surface area contributed by atoms with Crippen molar-refractivity contribution < 1.29 is 9.90 Å². The molecule has 1 atom stereocenters. The Hall–Kier alpha value is -2.52. The van der Waals surface area contributed by atoms with Gasteiger partial charge >= 0.3 is 6.09 Å². The van der Waals surface area contributed by atoms with E-state index >= 15 is 0 Å². The minimum atomic E-state index is -1.16. The monoisotopic (exact) mass is 530 g/mol. The first-order valence-electron chi connectivity index (χ1n) is 11.3. The van der Waals surface area contributed by atoms with Crippen LogP contribution in [0.1, 0.15) is 29.8 Å². The molecule has 0 radical (unpaired) electrons. The Morgan fingerprint density at radius 3 is 2.63 bits per heavy atom. The first kappa shape index (κ1) is 24.2. The first-order chi connectivity index (χ1) is 16.8. The number of aromatic nitrogens is 2. The van der Waals surface area contributed by atoms with Crippen LogP contribution >= 0.6 is 35.0 Å². The minimum absolute atomic E-state index is 0.281. The number of hydrogen-bond acceptors (Lipinski definition) is 5. The van der Waals surface area contributed by atoms with Crippen molar-refractivity contribution in [3.05, 3.63) is 86.0 Å². The maximum Gasteiger partial charge on any atom is 0.405 e. The molecule has 1 amide bonds. The lowest BCUT2D eigenvalue weighted by molar-refractivity contribution is 0.0762. The smallest absolute Gasteiger partial charge is 0.405 e. The highest BCUT2D eigenvalue weighted by molar-refractivity contribution is 7.99. The van der Waals surface area contributed by atoms with Crippen LogP contribution in [0.25, 0.3) is 0 Å². The predicted molar refractivity (Wildman–Crippen MR) is 137 cm³/mol. The quantitative estimate of drug-likeness (QED) is 0.453. The number of carbonyl (C=O) groups is 1. The van der Waals surface area contributed by atoms with Crippen LogP contribution in [0.3, 0.4) is 0 Å². The molecule has 1 unspecified atom stereocenters. The number of fused-ring (bicyclic) bond motifs is 1. The van der Waals surface area contributed by atoms with Crippen LogP contribution < -0.4 is 16.2 Å². The van der Waals surface area contributed by atoms with Gasteiger partial charge in [-0.25, -0.2) is 9.78 Å². The summed E-state index contributed by atoms with van der Waals surface area (Å²) >= 11 is 13.7. The Balaban J connectivity index is 1.70. The molecule has 2 aliphatic rings. The number of piperidine rings is 1. The molecular formula is C25H24Cl2N4O3S. The Morgan fingerprint density at radius 2 is 1.89 bits per heavy atom. The van der Waals surface area contributed by atoms with E-state index in [1.807, 2.05) is 24.3 Å². The Labute approximate surface area is 216 Å². The highest BCUT2D eigenvalue weighted by atomic mass is 35.5. The Kier molecular flexibility index (Phi) is 6.34. The third-order valence-electron chi connectivity index (χ3n) is 7.21. The first-order valence-corrected chi connectivity index (χ1v) is 12.8. The van der Waals surface area contributed by atoms with E-state index in [4.69, 9.17) is 28.2 Å². The van der Waals surface area contributed by atoms with Crippen molar-refractivity contribution in [2.45, 2.75) is 34.6 Å². The van der Waals surface area contributed by atoms with E-state index in [1.165, 1.54) is 22.5 Å². The van der Waals surface area contributed by atoms with Gasteiger partial charge in [0.2, 0.25) is 0 Å². The third-order valence-corrected chi connectivity index (χ3v) is 9.20. The van der Waals surface area contributed by atoms with Crippen LogP contribution in [-0.4, -0.2) is 33.8 Å². The fourth-order valence-corrected chi connectivity index (χ4v) is 7.06. The summed E-state index contributed by atoms with van der Waals surface area (Å²) in [6.45, 7) is 1.51. The van der Waals surface area contributed by atoms with E-state index < -0.39 is 17.0 Å². The van der Waals surface area contributed by atoms with Gasteiger partial charge in [0, 0.05) is 23.6 Å². The van der Waals surface area contributed by atoms with Crippen molar-refractivity contribution in [1.82, 2.24) is 20.2 Å². The van der Waals surface area contributed by atoms with E-state index in [2.05, 4.69) is 10.6 Å². The zero-order valence-electron chi connectivity index (χ0n) is 19.0. The number of hydrogen-bond donors (Lipinski definition) is 3. The predicted octanol–water partition coefficient (Wildman–Crippen LogP) is 4.68. The normalized spacial score (nSPS) is 20.5. The number of rotatable bonds is 4. The zero-order chi connectivity index (χ0) is 24.8. The van der Waals surface area contributed by atoms with Crippen molar-refractivity contribution >= 4 is 41.1 Å². The van der Waals surface area contributed by atoms with Crippen molar-refractivity contribution in [1.29, 1.82) is 0 Å². The maximum absolute atomic E-state index is 13.6. The number of halogens is 2. The van der Waals surface area contributed by atoms with Crippen molar-refractivity contribution in [3.8, 4) is 0 Å². The fraction of sp³-hybridized carbons (Fsp3) is 0.320. The van der Waals surface area contributed by atoms with E-state index in [-0.39, 0.29) is 5.56 Å². The van der Waals surface area contributed by atoms with Crippen LogP contribution in [0, 0.1) is 5.41 Å². The second kappa shape index (κ2) is 9.17. The lowest BCUT2D eigenvalue weighted by Crippen LogP contribution is -2.60. The summed E-state index contributed by atoms with van der Waals surface area (Å²) in [4.78, 5) is 31.6. The summed E-state index contributed by atoms with van der Waals surface area (Å²) in [5.74, 6) is 0.387. The molecule has 3 aromatic rings. The standard InChI is InChI=1S/C25H24Cl2N4O3S/c1-31-21(32)19(35-18-8-4-7-17(26)20(18)27)14-29-22(31)25(30-23(33)34)16-6-3-2-5-15(16)13-24(25)9-11-28-12-10-24/h2-8,14,28,30H,9-13H2,1H3,(H,33,34). The molecule has 182 valence electrons. The number of carboxylic acid groups (broad SMARTS) is 1.